The molecule has 0 heterocycles. The molecule has 0 saturated carbocycles. The first-order valence-electron chi connectivity index (χ1n) is 5.38. The van der Waals surface area contributed by atoms with Crippen LogP contribution in [0.4, 0.5) is 0 Å². The SMILES string of the molecule is COc1ccccc1Pc1ccccc1OC. The van der Waals surface area contributed by atoms with Gasteiger partial charge < -0.3 is 9.47 Å². The van der Waals surface area contributed by atoms with Crippen LogP contribution in [0.1, 0.15) is 0 Å². The minimum absolute atomic E-state index is 0.538. The molecule has 0 aliphatic rings. The third-order valence-corrected chi connectivity index (χ3v) is 3.85. The average Bonchev–Trinajstić information content (AvgIpc) is 2.40. The highest BCUT2D eigenvalue weighted by Crippen LogP contribution is 2.23. The van der Waals surface area contributed by atoms with Gasteiger partial charge >= 0.3 is 0 Å². The molecule has 0 atom stereocenters. The van der Waals surface area contributed by atoms with Gasteiger partial charge in [-0.3, -0.25) is 0 Å². The van der Waals surface area contributed by atoms with Crippen molar-refractivity contribution in [3.05, 3.63) is 48.5 Å². The first-order chi connectivity index (χ1) is 8.35. The zero-order valence-corrected chi connectivity index (χ0v) is 10.9. The predicted octanol–water partition coefficient (Wildman–Crippen LogP) is 2.33. The molecule has 2 rings (SSSR count). The van der Waals surface area contributed by atoms with Gasteiger partial charge in [-0.25, -0.2) is 0 Å². The van der Waals surface area contributed by atoms with Crippen LogP contribution in [0, 0.1) is 0 Å². The van der Waals surface area contributed by atoms with Crippen LogP contribution >= 0.6 is 8.58 Å². The Hall–Kier alpha value is -1.53. The minimum Gasteiger partial charge on any atom is -0.496 e. The van der Waals surface area contributed by atoms with Crippen molar-refractivity contribution < 1.29 is 9.47 Å². The van der Waals surface area contributed by atoms with Gasteiger partial charge in [0.2, 0.25) is 0 Å². The number of rotatable bonds is 4. The quantitative estimate of drug-likeness (QED) is 0.771. The number of hydrogen-bond donors (Lipinski definition) is 0. The lowest BCUT2D eigenvalue weighted by atomic mass is 10.3. The molecule has 2 aromatic carbocycles. The molecule has 0 saturated heterocycles. The summed E-state index contributed by atoms with van der Waals surface area (Å²) < 4.78 is 10.7. The summed E-state index contributed by atoms with van der Waals surface area (Å²) in [4.78, 5) is 0. The zero-order chi connectivity index (χ0) is 12.1. The molecule has 0 unspecified atom stereocenters. The van der Waals surface area contributed by atoms with Gasteiger partial charge in [0.15, 0.2) is 0 Å². The van der Waals surface area contributed by atoms with Crippen molar-refractivity contribution in [2.75, 3.05) is 14.2 Å². The maximum Gasteiger partial charge on any atom is 0.126 e. The minimum atomic E-state index is 0.538. The van der Waals surface area contributed by atoms with Crippen LogP contribution in [0.2, 0.25) is 0 Å². The Labute approximate surface area is 103 Å². The summed E-state index contributed by atoms with van der Waals surface area (Å²) in [5, 5.41) is 2.39. The largest absolute Gasteiger partial charge is 0.496 e. The molecular weight excluding hydrogens is 231 g/mol. The normalized spacial score (nSPS) is 10.0. The van der Waals surface area contributed by atoms with Crippen molar-refractivity contribution >= 4 is 19.2 Å². The third kappa shape index (κ3) is 2.78. The molecule has 17 heavy (non-hydrogen) atoms. The van der Waals surface area contributed by atoms with E-state index < -0.39 is 0 Å². The van der Waals surface area contributed by atoms with Crippen molar-refractivity contribution in [1.82, 2.24) is 0 Å². The number of ether oxygens (including phenoxy) is 2. The molecule has 0 aliphatic heterocycles. The summed E-state index contributed by atoms with van der Waals surface area (Å²) in [6, 6.07) is 16.2. The van der Waals surface area contributed by atoms with Crippen LogP contribution in [-0.2, 0) is 0 Å². The molecule has 0 N–H and O–H groups in total. The van der Waals surface area contributed by atoms with Gasteiger partial charge in [0.05, 0.1) is 14.2 Å². The summed E-state index contributed by atoms with van der Waals surface area (Å²) in [7, 11) is 3.94. The van der Waals surface area contributed by atoms with Gasteiger partial charge in [-0.05, 0) is 12.1 Å². The molecule has 0 spiro atoms. The number of para-hydroxylation sites is 2. The topological polar surface area (TPSA) is 18.5 Å². The van der Waals surface area contributed by atoms with E-state index >= 15 is 0 Å². The molecule has 0 bridgehead atoms. The van der Waals surface area contributed by atoms with E-state index in [9.17, 15) is 0 Å². The van der Waals surface area contributed by atoms with E-state index in [-0.39, 0.29) is 0 Å². The zero-order valence-electron chi connectivity index (χ0n) is 9.94. The van der Waals surface area contributed by atoms with Gasteiger partial charge in [-0.1, -0.05) is 45.0 Å². The lowest BCUT2D eigenvalue weighted by Gasteiger charge is -2.11. The Kier molecular flexibility index (Phi) is 4.00. The van der Waals surface area contributed by atoms with Crippen LogP contribution in [0.5, 0.6) is 11.5 Å². The van der Waals surface area contributed by atoms with Gasteiger partial charge in [0.25, 0.3) is 0 Å². The molecule has 0 radical (unpaired) electrons. The summed E-state index contributed by atoms with van der Waals surface area (Å²) in [6.45, 7) is 0. The molecule has 88 valence electrons. The van der Waals surface area contributed by atoms with Crippen molar-refractivity contribution in [2.45, 2.75) is 0 Å². The highest BCUT2D eigenvalue weighted by atomic mass is 31.1. The van der Waals surface area contributed by atoms with Crippen molar-refractivity contribution in [3.8, 4) is 11.5 Å². The highest BCUT2D eigenvalue weighted by Gasteiger charge is 2.06. The van der Waals surface area contributed by atoms with Crippen molar-refractivity contribution in [1.29, 1.82) is 0 Å². The summed E-state index contributed by atoms with van der Waals surface area (Å²) in [5.41, 5.74) is 0. The standard InChI is InChI=1S/C14H15O2P/c1-15-11-7-3-5-9-13(11)17-14-10-6-4-8-12(14)16-2/h3-10,17H,1-2H3. The van der Waals surface area contributed by atoms with Gasteiger partial charge in [0.1, 0.15) is 11.5 Å². The van der Waals surface area contributed by atoms with Crippen molar-refractivity contribution in [3.63, 3.8) is 0 Å². The van der Waals surface area contributed by atoms with E-state index in [4.69, 9.17) is 9.47 Å². The second-order valence-electron chi connectivity index (χ2n) is 3.53. The Morgan fingerprint density at radius 2 is 1.12 bits per heavy atom. The second-order valence-corrected chi connectivity index (χ2v) is 4.85. The van der Waals surface area contributed by atoms with E-state index in [2.05, 4.69) is 12.1 Å². The highest BCUT2D eigenvalue weighted by molar-refractivity contribution is 7.56. The molecule has 0 aromatic heterocycles. The lowest BCUT2D eigenvalue weighted by Crippen LogP contribution is -2.08. The van der Waals surface area contributed by atoms with Gasteiger partial charge in [-0.2, -0.15) is 0 Å². The number of hydrogen-bond acceptors (Lipinski definition) is 2. The summed E-state index contributed by atoms with van der Waals surface area (Å²) in [5.74, 6) is 1.86. The second kappa shape index (κ2) is 5.70. The van der Waals surface area contributed by atoms with Gasteiger partial charge in [-0.15, -0.1) is 0 Å². The van der Waals surface area contributed by atoms with Gasteiger partial charge in [0, 0.05) is 10.6 Å². The molecule has 0 amide bonds. The monoisotopic (exact) mass is 246 g/mol. The van der Waals surface area contributed by atoms with Crippen LogP contribution in [0.15, 0.2) is 48.5 Å². The van der Waals surface area contributed by atoms with E-state index in [1.165, 1.54) is 10.6 Å². The summed E-state index contributed by atoms with van der Waals surface area (Å²) in [6.07, 6.45) is 0. The number of benzene rings is 2. The van der Waals surface area contributed by atoms with Crippen LogP contribution in [0.3, 0.4) is 0 Å². The fourth-order valence-electron chi connectivity index (χ4n) is 1.64. The van der Waals surface area contributed by atoms with E-state index in [1.807, 2.05) is 36.4 Å². The molecule has 3 heteroatoms. The average molecular weight is 246 g/mol. The molecule has 0 aliphatic carbocycles. The van der Waals surface area contributed by atoms with Crippen molar-refractivity contribution in [2.24, 2.45) is 0 Å². The van der Waals surface area contributed by atoms with E-state index in [0.29, 0.717) is 8.58 Å². The predicted molar refractivity (Wildman–Crippen MR) is 73.6 cm³/mol. The Morgan fingerprint density at radius 3 is 1.53 bits per heavy atom. The first kappa shape index (κ1) is 11.9. The molecular formula is C14H15O2P. The smallest absolute Gasteiger partial charge is 0.126 e. The fraction of sp³-hybridized carbons (Fsp3) is 0.143. The summed E-state index contributed by atoms with van der Waals surface area (Å²) >= 11 is 0. The Balaban J connectivity index is 2.31. The molecule has 2 nitrogen and oxygen atoms in total. The van der Waals surface area contributed by atoms with Crippen LogP contribution < -0.4 is 20.1 Å². The Bertz CT molecular complexity index is 452. The van der Waals surface area contributed by atoms with E-state index in [0.717, 1.165) is 11.5 Å². The maximum atomic E-state index is 5.36. The van der Waals surface area contributed by atoms with E-state index in [1.54, 1.807) is 14.2 Å². The number of methoxy groups -OCH3 is 2. The maximum absolute atomic E-state index is 5.36. The molecule has 0 fully saturated rings. The van der Waals surface area contributed by atoms with Crippen LogP contribution in [-0.4, -0.2) is 14.2 Å². The lowest BCUT2D eigenvalue weighted by molar-refractivity contribution is 0.417. The Morgan fingerprint density at radius 1 is 0.706 bits per heavy atom. The fourth-order valence-corrected chi connectivity index (χ4v) is 2.91. The first-order valence-corrected chi connectivity index (χ1v) is 6.38. The third-order valence-electron chi connectivity index (χ3n) is 2.48. The van der Waals surface area contributed by atoms with Crippen LogP contribution in [0.25, 0.3) is 0 Å². The molecule has 2 aromatic rings.